The van der Waals surface area contributed by atoms with Crippen LogP contribution in [0.25, 0.3) is 0 Å². The molecule has 1 heterocycles. The molecule has 0 atom stereocenters. The number of rotatable bonds is 4. The van der Waals surface area contributed by atoms with Gasteiger partial charge in [-0.15, -0.1) is 0 Å². The average Bonchev–Trinajstić information content (AvgIpc) is 2.42. The molecular weight excluding hydrogens is 272 g/mol. The Balaban J connectivity index is 2.30. The normalized spacial score (nSPS) is 10.0. The van der Waals surface area contributed by atoms with Gasteiger partial charge in [0.2, 0.25) is 11.8 Å². The number of carboxylic acids is 1. The number of hydrogen-bond acceptors (Lipinski definition) is 4. The molecule has 0 saturated carbocycles. The first-order valence-electron chi connectivity index (χ1n) is 6.22. The molecule has 0 aliphatic rings. The van der Waals surface area contributed by atoms with Gasteiger partial charge in [-0.1, -0.05) is 12.1 Å². The summed E-state index contributed by atoms with van der Waals surface area (Å²) in [6.45, 7) is 3.11. The third-order valence-corrected chi connectivity index (χ3v) is 2.68. The van der Waals surface area contributed by atoms with Crippen molar-refractivity contribution in [3.05, 3.63) is 47.7 Å². The number of para-hydroxylation sites is 2. The van der Waals surface area contributed by atoms with E-state index in [1.54, 1.807) is 31.2 Å². The number of aromatic carboxylic acids is 1. The highest BCUT2D eigenvalue weighted by molar-refractivity contribution is 5.90. The summed E-state index contributed by atoms with van der Waals surface area (Å²) in [4.78, 5) is 26.0. The lowest BCUT2D eigenvalue weighted by molar-refractivity contribution is -0.114. The molecule has 0 radical (unpaired) electrons. The van der Waals surface area contributed by atoms with Crippen molar-refractivity contribution in [2.75, 3.05) is 5.32 Å². The Kier molecular flexibility index (Phi) is 4.18. The number of carbonyl (C=O) groups excluding carboxylic acids is 1. The fraction of sp³-hybridized carbons (Fsp3) is 0.133. The first-order valence-corrected chi connectivity index (χ1v) is 6.22. The molecular formula is C15H14N2O4. The third-order valence-electron chi connectivity index (χ3n) is 2.68. The molecule has 2 N–H and O–H groups in total. The molecule has 0 saturated heterocycles. The molecule has 21 heavy (non-hydrogen) atoms. The van der Waals surface area contributed by atoms with E-state index in [1.807, 2.05) is 0 Å². The van der Waals surface area contributed by atoms with Crippen molar-refractivity contribution >= 4 is 17.6 Å². The maximum absolute atomic E-state index is 11.2. The Morgan fingerprint density at radius 2 is 2.00 bits per heavy atom. The summed E-state index contributed by atoms with van der Waals surface area (Å²) in [7, 11) is 0. The van der Waals surface area contributed by atoms with Gasteiger partial charge < -0.3 is 15.2 Å². The molecule has 0 aliphatic heterocycles. The first kappa shape index (κ1) is 14.5. The zero-order chi connectivity index (χ0) is 15.4. The Labute approximate surface area is 121 Å². The third kappa shape index (κ3) is 3.56. The van der Waals surface area contributed by atoms with Crippen molar-refractivity contribution in [2.24, 2.45) is 0 Å². The van der Waals surface area contributed by atoms with Gasteiger partial charge >= 0.3 is 5.97 Å². The number of benzene rings is 1. The van der Waals surface area contributed by atoms with Crippen molar-refractivity contribution in [1.82, 2.24) is 4.98 Å². The minimum absolute atomic E-state index is 0.0926. The predicted octanol–water partition coefficient (Wildman–Crippen LogP) is 2.84. The standard InChI is InChI=1S/C15H14N2O4/c1-9-7-11(15(19)20)8-16-14(9)21-13-6-4-3-5-12(13)17-10(2)18/h3-8H,1-2H3,(H,17,18)(H,19,20). The van der Waals surface area contributed by atoms with Crippen molar-refractivity contribution in [3.8, 4) is 11.6 Å². The smallest absolute Gasteiger partial charge is 0.337 e. The van der Waals surface area contributed by atoms with E-state index in [9.17, 15) is 9.59 Å². The van der Waals surface area contributed by atoms with Crippen LogP contribution < -0.4 is 10.1 Å². The number of carbonyl (C=O) groups is 2. The first-order chi connectivity index (χ1) is 9.97. The number of ether oxygens (including phenoxy) is 1. The molecule has 0 bridgehead atoms. The summed E-state index contributed by atoms with van der Waals surface area (Å²) in [5, 5.41) is 11.6. The van der Waals surface area contributed by atoms with Crippen LogP contribution in [-0.4, -0.2) is 22.0 Å². The number of carboxylic acid groups (broad SMARTS) is 1. The Morgan fingerprint density at radius 1 is 1.29 bits per heavy atom. The average molecular weight is 286 g/mol. The topological polar surface area (TPSA) is 88.5 Å². The summed E-state index contributed by atoms with van der Waals surface area (Å²) >= 11 is 0. The van der Waals surface area contributed by atoms with Crippen LogP contribution in [0.5, 0.6) is 11.6 Å². The second-order valence-corrected chi connectivity index (χ2v) is 4.43. The van der Waals surface area contributed by atoms with Crippen molar-refractivity contribution < 1.29 is 19.4 Å². The number of hydrogen-bond donors (Lipinski definition) is 2. The molecule has 6 heteroatoms. The molecule has 0 fully saturated rings. The van der Waals surface area contributed by atoms with Crippen molar-refractivity contribution in [1.29, 1.82) is 0 Å². The van der Waals surface area contributed by atoms with Crippen LogP contribution >= 0.6 is 0 Å². The minimum Gasteiger partial charge on any atom is -0.478 e. The van der Waals surface area contributed by atoms with Crippen LogP contribution in [0.15, 0.2) is 36.5 Å². The molecule has 1 aromatic heterocycles. The largest absolute Gasteiger partial charge is 0.478 e. The second-order valence-electron chi connectivity index (χ2n) is 4.43. The highest BCUT2D eigenvalue weighted by Gasteiger charge is 2.11. The maximum atomic E-state index is 11.2. The molecule has 1 aromatic carbocycles. The number of nitrogens with zero attached hydrogens (tertiary/aromatic N) is 1. The summed E-state index contributed by atoms with van der Waals surface area (Å²) in [6, 6.07) is 8.41. The van der Waals surface area contributed by atoms with Crippen LogP contribution in [0.1, 0.15) is 22.8 Å². The van der Waals surface area contributed by atoms with Crippen LogP contribution in [0.4, 0.5) is 5.69 Å². The Morgan fingerprint density at radius 3 is 2.62 bits per heavy atom. The quantitative estimate of drug-likeness (QED) is 0.902. The molecule has 2 rings (SSSR count). The Hall–Kier alpha value is -2.89. The summed E-state index contributed by atoms with van der Waals surface area (Å²) < 4.78 is 5.66. The van der Waals surface area contributed by atoms with Gasteiger partial charge in [0.25, 0.3) is 0 Å². The van der Waals surface area contributed by atoms with Gasteiger partial charge in [-0.3, -0.25) is 4.79 Å². The van der Waals surface area contributed by atoms with E-state index < -0.39 is 5.97 Å². The number of pyridine rings is 1. The minimum atomic E-state index is -1.05. The van der Waals surface area contributed by atoms with Crippen molar-refractivity contribution in [3.63, 3.8) is 0 Å². The predicted molar refractivity (Wildman–Crippen MR) is 76.8 cm³/mol. The van der Waals surface area contributed by atoms with E-state index in [0.717, 1.165) is 0 Å². The number of anilines is 1. The van der Waals surface area contributed by atoms with E-state index in [1.165, 1.54) is 19.2 Å². The van der Waals surface area contributed by atoms with Crippen LogP contribution in [-0.2, 0) is 4.79 Å². The van der Waals surface area contributed by atoms with Crippen LogP contribution in [0.2, 0.25) is 0 Å². The van der Waals surface area contributed by atoms with E-state index >= 15 is 0 Å². The van der Waals surface area contributed by atoms with Gasteiger partial charge in [-0.2, -0.15) is 0 Å². The number of aromatic nitrogens is 1. The number of aryl methyl sites for hydroxylation is 1. The van der Waals surface area contributed by atoms with Gasteiger partial charge in [0.1, 0.15) is 0 Å². The van der Waals surface area contributed by atoms with E-state index in [2.05, 4.69) is 10.3 Å². The molecule has 0 unspecified atom stereocenters. The summed E-state index contributed by atoms with van der Waals surface area (Å²) in [5.74, 6) is -0.531. The van der Waals surface area contributed by atoms with E-state index in [0.29, 0.717) is 17.0 Å². The zero-order valence-corrected chi connectivity index (χ0v) is 11.6. The van der Waals surface area contributed by atoms with Crippen molar-refractivity contribution in [2.45, 2.75) is 13.8 Å². The highest BCUT2D eigenvalue weighted by Crippen LogP contribution is 2.30. The fourth-order valence-corrected chi connectivity index (χ4v) is 1.74. The number of nitrogens with one attached hydrogen (secondary N) is 1. The lowest BCUT2D eigenvalue weighted by Crippen LogP contribution is -2.07. The van der Waals surface area contributed by atoms with Gasteiger partial charge in [-0.25, -0.2) is 9.78 Å². The monoisotopic (exact) mass is 286 g/mol. The molecule has 1 amide bonds. The molecule has 0 spiro atoms. The molecule has 108 valence electrons. The SMILES string of the molecule is CC(=O)Nc1ccccc1Oc1ncc(C(=O)O)cc1C. The maximum Gasteiger partial charge on any atom is 0.337 e. The molecule has 0 aliphatic carbocycles. The highest BCUT2D eigenvalue weighted by atomic mass is 16.5. The summed E-state index contributed by atoms with van der Waals surface area (Å²) in [6.07, 6.45) is 1.23. The van der Waals surface area contributed by atoms with Gasteiger partial charge in [0.05, 0.1) is 11.3 Å². The van der Waals surface area contributed by atoms with Crippen LogP contribution in [0, 0.1) is 6.92 Å². The van der Waals surface area contributed by atoms with Gasteiger partial charge in [0.15, 0.2) is 5.75 Å². The molecule has 6 nitrogen and oxygen atoms in total. The number of amides is 1. The lowest BCUT2D eigenvalue weighted by atomic mass is 10.2. The zero-order valence-electron chi connectivity index (χ0n) is 11.6. The van der Waals surface area contributed by atoms with Gasteiger partial charge in [-0.05, 0) is 25.1 Å². The lowest BCUT2D eigenvalue weighted by Gasteiger charge is -2.12. The van der Waals surface area contributed by atoms with Gasteiger partial charge in [0, 0.05) is 18.7 Å². The second kappa shape index (κ2) is 6.04. The van der Waals surface area contributed by atoms with E-state index in [-0.39, 0.29) is 17.4 Å². The Bertz CT molecular complexity index is 698. The van der Waals surface area contributed by atoms with E-state index in [4.69, 9.17) is 9.84 Å². The summed E-state index contributed by atoms with van der Waals surface area (Å²) in [5.41, 5.74) is 1.20. The van der Waals surface area contributed by atoms with Crippen LogP contribution in [0.3, 0.4) is 0 Å². The fourth-order valence-electron chi connectivity index (χ4n) is 1.74. The molecule has 2 aromatic rings.